The molecule has 84 valence electrons. The van der Waals surface area contributed by atoms with Crippen LogP contribution in [0.25, 0.3) is 0 Å². The second-order valence-corrected chi connectivity index (χ2v) is 5.57. The molecule has 0 spiro atoms. The topological polar surface area (TPSA) is 48.1 Å². The highest BCUT2D eigenvalue weighted by atomic mass is 32.1. The minimum Gasteiger partial charge on any atom is -0.381 e. The SMILES string of the molecule is CC(C)(N)c1csc(C2CCOCC2)n1. The quantitative estimate of drug-likeness (QED) is 0.841. The molecule has 2 rings (SSSR count). The van der Waals surface area contributed by atoms with Crippen molar-refractivity contribution in [1.29, 1.82) is 0 Å². The lowest BCUT2D eigenvalue weighted by Gasteiger charge is -2.20. The molecular formula is C11H18N2OS. The van der Waals surface area contributed by atoms with E-state index >= 15 is 0 Å². The highest BCUT2D eigenvalue weighted by Crippen LogP contribution is 2.31. The minimum absolute atomic E-state index is 0.320. The van der Waals surface area contributed by atoms with Gasteiger partial charge in [0.1, 0.15) is 0 Å². The summed E-state index contributed by atoms with van der Waals surface area (Å²) in [6.45, 7) is 5.73. The van der Waals surface area contributed by atoms with Crippen LogP contribution in [0.3, 0.4) is 0 Å². The zero-order valence-electron chi connectivity index (χ0n) is 9.32. The fourth-order valence-electron chi connectivity index (χ4n) is 1.72. The van der Waals surface area contributed by atoms with E-state index in [1.54, 1.807) is 11.3 Å². The maximum absolute atomic E-state index is 6.02. The van der Waals surface area contributed by atoms with Gasteiger partial charge >= 0.3 is 0 Å². The molecule has 0 unspecified atom stereocenters. The summed E-state index contributed by atoms with van der Waals surface area (Å²) < 4.78 is 5.35. The Kier molecular flexibility index (Phi) is 3.09. The molecule has 15 heavy (non-hydrogen) atoms. The van der Waals surface area contributed by atoms with E-state index in [9.17, 15) is 0 Å². The first-order chi connectivity index (χ1) is 7.07. The van der Waals surface area contributed by atoms with Gasteiger partial charge < -0.3 is 10.5 Å². The van der Waals surface area contributed by atoms with Crippen LogP contribution in [0, 0.1) is 0 Å². The van der Waals surface area contributed by atoms with Crippen LogP contribution < -0.4 is 5.73 Å². The summed E-state index contributed by atoms with van der Waals surface area (Å²) in [5.41, 5.74) is 6.71. The second-order valence-electron chi connectivity index (χ2n) is 4.68. The number of nitrogens with two attached hydrogens (primary N) is 1. The largest absolute Gasteiger partial charge is 0.381 e. The van der Waals surface area contributed by atoms with Crippen LogP contribution in [0.2, 0.25) is 0 Å². The summed E-state index contributed by atoms with van der Waals surface area (Å²) >= 11 is 1.74. The molecule has 1 aromatic rings. The van der Waals surface area contributed by atoms with Crippen molar-refractivity contribution >= 4 is 11.3 Å². The number of aromatic nitrogens is 1. The molecule has 1 aliphatic rings. The third-order valence-electron chi connectivity index (χ3n) is 2.75. The number of hydrogen-bond donors (Lipinski definition) is 1. The summed E-state index contributed by atoms with van der Waals surface area (Å²) in [6.07, 6.45) is 2.19. The Bertz CT molecular complexity index is 324. The second kappa shape index (κ2) is 4.20. The van der Waals surface area contributed by atoms with E-state index in [0.29, 0.717) is 5.92 Å². The monoisotopic (exact) mass is 226 g/mol. The van der Waals surface area contributed by atoms with Gasteiger partial charge in [-0.05, 0) is 26.7 Å². The third-order valence-corrected chi connectivity index (χ3v) is 3.76. The Hall–Kier alpha value is -0.450. The van der Waals surface area contributed by atoms with E-state index in [1.807, 2.05) is 13.8 Å². The molecule has 0 bridgehead atoms. The van der Waals surface area contributed by atoms with Gasteiger partial charge in [0.15, 0.2) is 0 Å². The molecule has 1 fully saturated rings. The van der Waals surface area contributed by atoms with Gasteiger partial charge in [0.2, 0.25) is 0 Å². The Morgan fingerprint density at radius 2 is 2.13 bits per heavy atom. The molecule has 3 nitrogen and oxygen atoms in total. The summed E-state index contributed by atoms with van der Waals surface area (Å²) in [7, 11) is 0. The average molecular weight is 226 g/mol. The highest BCUT2D eigenvalue weighted by Gasteiger charge is 2.23. The predicted molar refractivity (Wildman–Crippen MR) is 62.1 cm³/mol. The molecular weight excluding hydrogens is 208 g/mol. The van der Waals surface area contributed by atoms with Crippen molar-refractivity contribution in [3.05, 3.63) is 16.1 Å². The van der Waals surface area contributed by atoms with E-state index in [0.717, 1.165) is 31.7 Å². The van der Waals surface area contributed by atoms with Crippen molar-refractivity contribution in [2.75, 3.05) is 13.2 Å². The first-order valence-electron chi connectivity index (χ1n) is 5.40. The fourth-order valence-corrected chi connectivity index (χ4v) is 2.88. The van der Waals surface area contributed by atoms with Crippen LogP contribution in [0.1, 0.15) is 43.3 Å². The zero-order chi connectivity index (χ0) is 10.9. The van der Waals surface area contributed by atoms with Crippen molar-refractivity contribution in [3.8, 4) is 0 Å². The van der Waals surface area contributed by atoms with Gasteiger partial charge in [-0.15, -0.1) is 11.3 Å². The molecule has 0 amide bonds. The summed E-state index contributed by atoms with van der Waals surface area (Å²) in [5.74, 6) is 0.583. The van der Waals surface area contributed by atoms with Gasteiger partial charge in [-0.2, -0.15) is 0 Å². The van der Waals surface area contributed by atoms with E-state index in [2.05, 4.69) is 10.4 Å². The Balaban J connectivity index is 2.12. The lowest BCUT2D eigenvalue weighted by Crippen LogP contribution is -2.29. The summed E-state index contributed by atoms with van der Waals surface area (Å²) in [5, 5.41) is 3.32. The molecule has 2 heterocycles. The smallest absolute Gasteiger partial charge is 0.0961 e. The van der Waals surface area contributed by atoms with Crippen LogP contribution in [0.15, 0.2) is 5.38 Å². The lowest BCUT2D eigenvalue weighted by atomic mass is 10.0. The van der Waals surface area contributed by atoms with Crippen LogP contribution in [0.4, 0.5) is 0 Å². The normalized spacial score (nSPS) is 19.4. The molecule has 0 aliphatic carbocycles. The Morgan fingerprint density at radius 1 is 1.47 bits per heavy atom. The van der Waals surface area contributed by atoms with E-state index in [4.69, 9.17) is 10.5 Å². The zero-order valence-corrected chi connectivity index (χ0v) is 10.1. The summed E-state index contributed by atoms with van der Waals surface area (Å²) in [4.78, 5) is 4.64. The van der Waals surface area contributed by atoms with Crippen molar-refractivity contribution in [1.82, 2.24) is 4.98 Å². The molecule has 4 heteroatoms. The molecule has 0 radical (unpaired) electrons. The van der Waals surface area contributed by atoms with Crippen molar-refractivity contribution < 1.29 is 4.74 Å². The molecule has 1 saturated heterocycles. The number of thiazole rings is 1. The van der Waals surface area contributed by atoms with Gasteiger partial charge in [-0.1, -0.05) is 0 Å². The molecule has 0 aromatic carbocycles. The van der Waals surface area contributed by atoms with Crippen molar-refractivity contribution in [3.63, 3.8) is 0 Å². The summed E-state index contributed by atoms with van der Waals surface area (Å²) in [6, 6.07) is 0. The van der Waals surface area contributed by atoms with Gasteiger partial charge in [0, 0.05) is 24.5 Å². The molecule has 1 aliphatic heterocycles. The first-order valence-corrected chi connectivity index (χ1v) is 6.28. The van der Waals surface area contributed by atoms with Crippen LogP contribution in [-0.2, 0) is 10.3 Å². The number of ether oxygens (including phenoxy) is 1. The maximum Gasteiger partial charge on any atom is 0.0961 e. The maximum atomic E-state index is 6.02. The molecule has 1 aromatic heterocycles. The minimum atomic E-state index is -0.320. The van der Waals surface area contributed by atoms with Gasteiger partial charge in [-0.25, -0.2) is 4.98 Å². The Labute approximate surface area is 94.7 Å². The van der Waals surface area contributed by atoms with Crippen LogP contribution in [0.5, 0.6) is 0 Å². The molecule has 2 N–H and O–H groups in total. The van der Waals surface area contributed by atoms with Gasteiger partial charge in [0.25, 0.3) is 0 Å². The van der Waals surface area contributed by atoms with Crippen LogP contribution >= 0.6 is 11.3 Å². The van der Waals surface area contributed by atoms with Crippen molar-refractivity contribution in [2.45, 2.75) is 38.1 Å². The average Bonchev–Trinajstić information content (AvgIpc) is 2.67. The van der Waals surface area contributed by atoms with Crippen LogP contribution in [-0.4, -0.2) is 18.2 Å². The van der Waals surface area contributed by atoms with Gasteiger partial charge in [0.05, 0.1) is 16.2 Å². The van der Waals surface area contributed by atoms with E-state index in [1.165, 1.54) is 5.01 Å². The number of nitrogens with zero attached hydrogens (tertiary/aromatic N) is 1. The Morgan fingerprint density at radius 3 is 2.67 bits per heavy atom. The highest BCUT2D eigenvalue weighted by molar-refractivity contribution is 7.09. The molecule has 0 atom stereocenters. The van der Waals surface area contributed by atoms with Gasteiger partial charge in [-0.3, -0.25) is 0 Å². The van der Waals surface area contributed by atoms with E-state index in [-0.39, 0.29) is 5.54 Å². The fraction of sp³-hybridized carbons (Fsp3) is 0.727. The van der Waals surface area contributed by atoms with E-state index < -0.39 is 0 Å². The lowest BCUT2D eigenvalue weighted by molar-refractivity contribution is 0.0852. The standard InChI is InChI=1S/C11H18N2OS/c1-11(2,12)9-7-15-10(13-9)8-3-5-14-6-4-8/h7-8H,3-6,12H2,1-2H3. The van der Waals surface area contributed by atoms with Crippen molar-refractivity contribution in [2.24, 2.45) is 5.73 Å². The number of hydrogen-bond acceptors (Lipinski definition) is 4. The number of rotatable bonds is 2. The predicted octanol–water partition coefficient (Wildman–Crippen LogP) is 2.23. The molecule has 0 saturated carbocycles. The third kappa shape index (κ3) is 2.56. The first kappa shape index (κ1) is 11.0.